The number of esters is 1. The van der Waals surface area contributed by atoms with E-state index in [4.69, 9.17) is 4.74 Å². The van der Waals surface area contributed by atoms with Crippen LogP contribution in [0.1, 0.15) is 49.4 Å². The Kier molecular flexibility index (Phi) is 7.04. The molecule has 1 heterocycles. The van der Waals surface area contributed by atoms with Gasteiger partial charge in [-0.05, 0) is 24.8 Å². The second kappa shape index (κ2) is 9.69. The molecule has 1 aliphatic rings. The van der Waals surface area contributed by atoms with Gasteiger partial charge in [-0.1, -0.05) is 50.1 Å². The molecule has 1 fully saturated rings. The number of benzene rings is 1. The smallest absolute Gasteiger partial charge is 0.341 e. The minimum atomic E-state index is -0.941. The maximum absolute atomic E-state index is 12.9. The zero-order valence-corrected chi connectivity index (χ0v) is 17.2. The van der Waals surface area contributed by atoms with E-state index in [0.29, 0.717) is 42.0 Å². The Morgan fingerprint density at radius 3 is 2.48 bits per heavy atom. The maximum Gasteiger partial charge on any atom is 0.341 e. The van der Waals surface area contributed by atoms with E-state index in [2.05, 4.69) is 5.32 Å². The van der Waals surface area contributed by atoms with Gasteiger partial charge >= 0.3 is 11.9 Å². The first-order chi connectivity index (χ1) is 14.0. The minimum absolute atomic E-state index is 0.292. The topological polar surface area (TPSA) is 92.7 Å². The van der Waals surface area contributed by atoms with Crippen molar-refractivity contribution in [1.29, 1.82) is 0 Å². The molecule has 0 bridgehead atoms. The molecular formula is C22H25NO5S. The van der Waals surface area contributed by atoms with Crippen molar-refractivity contribution in [2.24, 2.45) is 11.8 Å². The molecule has 6 nitrogen and oxygen atoms in total. The number of aliphatic carboxylic acids is 1. The van der Waals surface area contributed by atoms with Gasteiger partial charge in [0.2, 0.25) is 5.91 Å². The number of thiophene rings is 1. The first-order valence-electron chi connectivity index (χ1n) is 9.90. The molecule has 0 radical (unpaired) electrons. The van der Waals surface area contributed by atoms with Crippen LogP contribution >= 0.6 is 11.3 Å². The summed E-state index contributed by atoms with van der Waals surface area (Å²) in [6.07, 6.45) is 3.37. The van der Waals surface area contributed by atoms with Crippen molar-refractivity contribution in [1.82, 2.24) is 0 Å². The summed E-state index contributed by atoms with van der Waals surface area (Å²) in [6.45, 7) is 2.21. The van der Waals surface area contributed by atoms with Crippen molar-refractivity contribution in [3.63, 3.8) is 0 Å². The van der Waals surface area contributed by atoms with Crippen LogP contribution in [0, 0.1) is 11.8 Å². The maximum atomic E-state index is 12.9. The van der Waals surface area contributed by atoms with Crippen molar-refractivity contribution in [2.45, 2.75) is 39.0 Å². The van der Waals surface area contributed by atoms with Gasteiger partial charge in [0.1, 0.15) is 10.6 Å². The highest BCUT2D eigenvalue weighted by atomic mass is 32.1. The van der Waals surface area contributed by atoms with Crippen molar-refractivity contribution >= 4 is 34.2 Å². The number of amides is 1. The highest BCUT2D eigenvalue weighted by molar-refractivity contribution is 7.15. The molecule has 1 amide bonds. The van der Waals surface area contributed by atoms with Gasteiger partial charge in [-0.25, -0.2) is 4.79 Å². The standard InChI is InChI=1S/C22H25NO5S/c1-2-12-28-22(27)18-17(14-8-4-3-5-9-14)13-29-20(18)23-19(24)15-10-6-7-11-16(15)21(25)26/h3-5,8-9,13,15-16H,2,6-7,10-12H2,1H3,(H,23,24)(H,25,26)/t15-,16+/m1/s1. The number of carboxylic acids is 1. The molecule has 0 spiro atoms. The predicted octanol–water partition coefficient (Wildman–Crippen LogP) is 4.81. The van der Waals surface area contributed by atoms with E-state index < -0.39 is 23.8 Å². The summed E-state index contributed by atoms with van der Waals surface area (Å²) in [5.74, 6) is -3.05. The Bertz CT molecular complexity index is 877. The van der Waals surface area contributed by atoms with E-state index in [1.165, 1.54) is 11.3 Å². The van der Waals surface area contributed by atoms with Crippen molar-refractivity contribution < 1.29 is 24.2 Å². The number of hydrogen-bond acceptors (Lipinski definition) is 5. The molecule has 1 aromatic carbocycles. The Labute approximate surface area is 173 Å². The van der Waals surface area contributed by atoms with Gasteiger partial charge in [-0.2, -0.15) is 0 Å². The number of nitrogens with one attached hydrogen (secondary N) is 1. The Morgan fingerprint density at radius 2 is 1.83 bits per heavy atom. The Hall–Kier alpha value is -2.67. The summed E-state index contributed by atoms with van der Waals surface area (Å²) in [7, 11) is 0. The fourth-order valence-electron chi connectivity index (χ4n) is 3.69. The summed E-state index contributed by atoms with van der Waals surface area (Å²) in [5.41, 5.74) is 1.88. The van der Waals surface area contributed by atoms with Crippen LogP contribution in [-0.2, 0) is 14.3 Å². The van der Waals surface area contributed by atoms with Crippen LogP contribution < -0.4 is 5.32 Å². The number of carbonyl (C=O) groups excluding carboxylic acids is 2. The average Bonchev–Trinajstić information content (AvgIpc) is 3.16. The molecule has 7 heteroatoms. The molecule has 0 aliphatic heterocycles. The normalized spacial score (nSPS) is 18.8. The van der Waals surface area contributed by atoms with Crippen LogP contribution in [0.3, 0.4) is 0 Å². The van der Waals surface area contributed by atoms with Crippen LogP contribution in [-0.4, -0.2) is 29.6 Å². The molecular weight excluding hydrogens is 390 g/mol. The summed E-state index contributed by atoms with van der Waals surface area (Å²) in [4.78, 5) is 37.2. The van der Waals surface area contributed by atoms with Gasteiger partial charge in [0.05, 0.1) is 18.4 Å². The van der Waals surface area contributed by atoms with Crippen LogP contribution in [0.5, 0.6) is 0 Å². The van der Waals surface area contributed by atoms with Crippen LogP contribution in [0.2, 0.25) is 0 Å². The molecule has 2 atom stereocenters. The molecule has 0 saturated heterocycles. The van der Waals surface area contributed by atoms with E-state index in [-0.39, 0.29) is 5.91 Å². The first-order valence-corrected chi connectivity index (χ1v) is 10.8. The van der Waals surface area contributed by atoms with E-state index in [1.807, 2.05) is 42.6 Å². The second-order valence-electron chi connectivity index (χ2n) is 7.18. The molecule has 2 N–H and O–H groups in total. The van der Waals surface area contributed by atoms with Crippen LogP contribution in [0.25, 0.3) is 11.1 Å². The monoisotopic (exact) mass is 415 g/mol. The molecule has 2 aromatic rings. The zero-order valence-electron chi connectivity index (χ0n) is 16.3. The molecule has 1 aliphatic carbocycles. The number of rotatable bonds is 7. The third-order valence-corrected chi connectivity index (χ3v) is 6.07. The van der Waals surface area contributed by atoms with E-state index >= 15 is 0 Å². The predicted molar refractivity (Wildman–Crippen MR) is 112 cm³/mol. The van der Waals surface area contributed by atoms with Gasteiger partial charge in [-0.15, -0.1) is 11.3 Å². The molecule has 1 aromatic heterocycles. The number of carboxylic acid groups (broad SMARTS) is 1. The number of ether oxygens (including phenoxy) is 1. The highest BCUT2D eigenvalue weighted by Gasteiger charge is 2.36. The van der Waals surface area contributed by atoms with Gasteiger partial charge in [0.15, 0.2) is 0 Å². The lowest BCUT2D eigenvalue weighted by Crippen LogP contribution is -2.36. The zero-order chi connectivity index (χ0) is 20.8. The minimum Gasteiger partial charge on any atom is -0.481 e. The third-order valence-electron chi connectivity index (χ3n) is 5.17. The van der Waals surface area contributed by atoms with E-state index in [1.54, 1.807) is 0 Å². The summed E-state index contributed by atoms with van der Waals surface area (Å²) in [5, 5.41) is 14.5. The molecule has 154 valence electrons. The molecule has 1 saturated carbocycles. The number of carbonyl (C=O) groups is 3. The van der Waals surface area contributed by atoms with E-state index in [0.717, 1.165) is 18.4 Å². The number of anilines is 1. The lowest BCUT2D eigenvalue weighted by Gasteiger charge is -2.27. The second-order valence-corrected chi connectivity index (χ2v) is 8.06. The fourth-order valence-corrected chi connectivity index (χ4v) is 4.65. The summed E-state index contributed by atoms with van der Waals surface area (Å²) < 4.78 is 5.35. The lowest BCUT2D eigenvalue weighted by atomic mass is 9.79. The van der Waals surface area contributed by atoms with Crippen molar-refractivity contribution in [3.05, 3.63) is 41.3 Å². The van der Waals surface area contributed by atoms with Gasteiger partial charge in [0, 0.05) is 10.9 Å². The summed E-state index contributed by atoms with van der Waals surface area (Å²) in [6, 6.07) is 9.44. The quantitative estimate of drug-likeness (QED) is 0.633. The fraction of sp³-hybridized carbons (Fsp3) is 0.409. The SMILES string of the molecule is CCCOC(=O)c1c(-c2ccccc2)csc1NC(=O)[C@@H]1CCCC[C@@H]1C(=O)O. The van der Waals surface area contributed by atoms with Gasteiger partial charge in [-0.3, -0.25) is 9.59 Å². The first kappa shape index (κ1) is 21.0. The van der Waals surface area contributed by atoms with Gasteiger partial charge < -0.3 is 15.2 Å². The molecule has 3 rings (SSSR count). The van der Waals surface area contributed by atoms with Crippen LogP contribution in [0.4, 0.5) is 5.00 Å². The Balaban J connectivity index is 1.90. The average molecular weight is 416 g/mol. The summed E-state index contributed by atoms with van der Waals surface area (Å²) >= 11 is 1.25. The molecule has 29 heavy (non-hydrogen) atoms. The van der Waals surface area contributed by atoms with Crippen LogP contribution in [0.15, 0.2) is 35.7 Å². The highest BCUT2D eigenvalue weighted by Crippen LogP contribution is 2.38. The van der Waals surface area contributed by atoms with E-state index in [9.17, 15) is 19.5 Å². The third kappa shape index (κ3) is 4.85. The molecule has 0 unspecified atom stereocenters. The van der Waals surface area contributed by atoms with Crippen molar-refractivity contribution in [2.75, 3.05) is 11.9 Å². The van der Waals surface area contributed by atoms with Crippen molar-refractivity contribution in [3.8, 4) is 11.1 Å². The lowest BCUT2D eigenvalue weighted by molar-refractivity contribution is -0.147. The largest absolute Gasteiger partial charge is 0.481 e. The number of hydrogen-bond donors (Lipinski definition) is 2. The Morgan fingerprint density at radius 1 is 1.14 bits per heavy atom. The van der Waals surface area contributed by atoms with Gasteiger partial charge in [0.25, 0.3) is 0 Å².